The smallest absolute Gasteiger partial charge is 0.205 e. The number of Topliss-reactive ketones (excluding diaryl/α,β-unsaturated/α-hetero) is 1. The van der Waals surface area contributed by atoms with Gasteiger partial charge in [0.25, 0.3) is 0 Å². The Morgan fingerprint density at radius 2 is 1.83 bits per heavy atom. The van der Waals surface area contributed by atoms with Crippen molar-refractivity contribution in [3.8, 4) is 17.9 Å². The lowest BCUT2D eigenvalue weighted by atomic mass is 9.77. The molecule has 0 saturated heterocycles. The van der Waals surface area contributed by atoms with Gasteiger partial charge >= 0.3 is 0 Å². The summed E-state index contributed by atoms with van der Waals surface area (Å²) in [5.41, 5.74) is 8.70. The second kappa shape index (κ2) is 8.14. The Morgan fingerprint density at radius 3 is 2.63 bits per heavy atom. The maximum absolute atomic E-state index is 12.8. The molecule has 0 amide bonds. The Kier molecular flexibility index (Phi) is 5.24. The second-order valence-electron chi connectivity index (χ2n) is 7.13. The van der Waals surface area contributed by atoms with Gasteiger partial charge < -0.3 is 15.2 Å². The van der Waals surface area contributed by atoms with Gasteiger partial charge in [-0.25, -0.2) is 0 Å². The number of benzene rings is 2. The molecule has 30 heavy (non-hydrogen) atoms. The third kappa shape index (κ3) is 3.40. The molecule has 1 aliphatic heterocycles. The number of rotatable bonds is 4. The van der Waals surface area contributed by atoms with Crippen molar-refractivity contribution in [1.82, 2.24) is 0 Å². The van der Waals surface area contributed by atoms with Gasteiger partial charge in [0.15, 0.2) is 5.78 Å². The molecular weight excluding hydrogens is 378 g/mol. The molecule has 0 unspecified atom stereocenters. The van der Waals surface area contributed by atoms with E-state index in [0.717, 1.165) is 5.56 Å². The van der Waals surface area contributed by atoms with Crippen LogP contribution in [-0.2, 0) is 16.1 Å². The summed E-state index contributed by atoms with van der Waals surface area (Å²) in [6, 6.07) is 18.8. The molecule has 0 saturated carbocycles. The van der Waals surface area contributed by atoms with Crippen LogP contribution in [0.5, 0.6) is 5.75 Å². The van der Waals surface area contributed by atoms with E-state index in [9.17, 15) is 15.3 Å². The van der Waals surface area contributed by atoms with Gasteiger partial charge in [0.1, 0.15) is 29.8 Å². The Labute approximate surface area is 174 Å². The fourth-order valence-electron chi connectivity index (χ4n) is 3.93. The third-order valence-electron chi connectivity index (χ3n) is 5.36. The van der Waals surface area contributed by atoms with Gasteiger partial charge in [0.2, 0.25) is 5.88 Å². The lowest BCUT2D eigenvalue weighted by molar-refractivity contribution is -0.116. The molecule has 0 aromatic heterocycles. The van der Waals surface area contributed by atoms with Crippen LogP contribution < -0.4 is 10.5 Å². The summed E-state index contributed by atoms with van der Waals surface area (Å²) in [6.45, 7) is 0.185. The first-order valence-corrected chi connectivity index (χ1v) is 9.67. The van der Waals surface area contributed by atoms with Crippen molar-refractivity contribution in [2.45, 2.75) is 31.8 Å². The average Bonchev–Trinajstić information content (AvgIpc) is 2.77. The van der Waals surface area contributed by atoms with E-state index in [-0.39, 0.29) is 23.8 Å². The lowest BCUT2D eigenvalue weighted by Crippen LogP contribution is -2.27. The first kappa shape index (κ1) is 19.3. The molecule has 4 rings (SSSR count). The number of nitrogens with two attached hydrogens (primary N) is 1. The minimum atomic E-state index is -0.631. The molecule has 148 valence electrons. The van der Waals surface area contributed by atoms with Crippen molar-refractivity contribution in [2.75, 3.05) is 0 Å². The zero-order chi connectivity index (χ0) is 21.1. The highest BCUT2D eigenvalue weighted by Crippen LogP contribution is 2.45. The Balaban J connectivity index is 1.75. The third-order valence-corrected chi connectivity index (χ3v) is 5.36. The van der Waals surface area contributed by atoms with Crippen LogP contribution in [-0.4, -0.2) is 5.78 Å². The maximum Gasteiger partial charge on any atom is 0.205 e. The monoisotopic (exact) mass is 397 g/mol. The van der Waals surface area contributed by atoms with Crippen LogP contribution in [0.15, 0.2) is 71.3 Å². The zero-order valence-corrected chi connectivity index (χ0v) is 16.2. The SMILES string of the molecule is N#CC1=C(N)OC2=C(C(=O)CCC2)[C@H]1c1ccccc1OCc1ccccc1C#N. The van der Waals surface area contributed by atoms with E-state index >= 15 is 0 Å². The van der Waals surface area contributed by atoms with E-state index in [1.165, 1.54) is 0 Å². The van der Waals surface area contributed by atoms with Crippen LogP contribution in [0.4, 0.5) is 0 Å². The Hall–Kier alpha value is -4.03. The van der Waals surface area contributed by atoms with Gasteiger partial charge in [0, 0.05) is 29.5 Å². The standard InChI is InChI=1S/C24H19N3O3/c25-12-15-6-1-2-7-16(15)14-29-20-10-4-3-8-17(20)22-18(13-26)24(27)30-21-11-5-9-19(28)23(21)22/h1-4,6-8,10,22H,5,9,11,14,27H2/t22-/m0/s1. The van der Waals surface area contributed by atoms with Crippen molar-refractivity contribution in [3.63, 3.8) is 0 Å². The molecule has 2 aliphatic rings. The highest BCUT2D eigenvalue weighted by Gasteiger charge is 2.39. The molecular formula is C24H19N3O3. The van der Waals surface area contributed by atoms with Crippen LogP contribution in [0.2, 0.25) is 0 Å². The molecule has 6 heteroatoms. The van der Waals surface area contributed by atoms with Crippen molar-refractivity contribution in [3.05, 3.63) is 88.0 Å². The molecule has 1 aliphatic carbocycles. The number of allylic oxidation sites excluding steroid dienone is 3. The highest BCUT2D eigenvalue weighted by molar-refractivity contribution is 5.99. The van der Waals surface area contributed by atoms with Gasteiger partial charge in [-0.3, -0.25) is 4.79 Å². The van der Waals surface area contributed by atoms with Crippen molar-refractivity contribution >= 4 is 5.78 Å². The molecule has 0 radical (unpaired) electrons. The van der Waals surface area contributed by atoms with Crippen molar-refractivity contribution < 1.29 is 14.3 Å². The van der Waals surface area contributed by atoms with E-state index in [1.54, 1.807) is 18.2 Å². The number of carbonyl (C=O) groups is 1. The summed E-state index contributed by atoms with van der Waals surface area (Å²) in [6.07, 6.45) is 1.72. The molecule has 0 spiro atoms. The molecule has 0 fully saturated rings. The van der Waals surface area contributed by atoms with Gasteiger partial charge in [-0.15, -0.1) is 0 Å². The molecule has 6 nitrogen and oxygen atoms in total. The lowest BCUT2D eigenvalue weighted by Gasteiger charge is -2.31. The first-order chi connectivity index (χ1) is 14.6. The minimum absolute atomic E-state index is 0.0283. The van der Waals surface area contributed by atoms with Crippen LogP contribution in [0.3, 0.4) is 0 Å². The Morgan fingerprint density at radius 1 is 1.07 bits per heavy atom. The second-order valence-corrected chi connectivity index (χ2v) is 7.13. The molecule has 1 heterocycles. The van der Waals surface area contributed by atoms with E-state index in [0.29, 0.717) is 47.5 Å². The van der Waals surface area contributed by atoms with Crippen molar-refractivity contribution in [2.24, 2.45) is 5.73 Å². The number of para-hydroxylation sites is 1. The average molecular weight is 397 g/mol. The number of ketones is 1. The van der Waals surface area contributed by atoms with Crippen LogP contribution >= 0.6 is 0 Å². The number of ether oxygens (including phenoxy) is 2. The Bertz CT molecular complexity index is 1160. The number of carbonyl (C=O) groups excluding carboxylic acids is 1. The number of hydrogen-bond acceptors (Lipinski definition) is 6. The summed E-state index contributed by atoms with van der Waals surface area (Å²) in [4.78, 5) is 12.8. The van der Waals surface area contributed by atoms with E-state index in [4.69, 9.17) is 15.2 Å². The summed E-state index contributed by atoms with van der Waals surface area (Å²) >= 11 is 0. The van der Waals surface area contributed by atoms with Gasteiger partial charge in [0.05, 0.1) is 17.6 Å². The van der Waals surface area contributed by atoms with Crippen LogP contribution in [0.1, 0.15) is 41.9 Å². The predicted molar refractivity (Wildman–Crippen MR) is 108 cm³/mol. The topological polar surface area (TPSA) is 109 Å². The maximum atomic E-state index is 12.8. The fraction of sp³-hybridized carbons (Fsp3) is 0.208. The number of nitrogens with zero attached hydrogens (tertiary/aromatic N) is 2. The first-order valence-electron chi connectivity index (χ1n) is 9.67. The fourth-order valence-corrected chi connectivity index (χ4v) is 3.93. The molecule has 1 atom stereocenters. The largest absolute Gasteiger partial charge is 0.489 e. The highest BCUT2D eigenvalue weighted by atomic mass is 16.5. The summed E-state index contributed by atoms with van der Waals surface area (Å²) in [5, 5.41) is 19.1. The normalized spacial score (nSPS) is 18.2. The predicted octanol–water partition coefficient (Wildman–Crippen LogP) is 3.95. The van der Waals surface area contributed by atoms with Gasteiger partial charge in [-0.05, 0) is 18.6 Å². The van der Waals surface area contributed by atoms with E-state index in [1.807, 2.05) is 30.3 Å². The van der Waals surface area contributed by atoms with Gasteiger partial charge in [-0.1, -0.05) is 36.4 Å². The molecule has 2 aromatic rings. The number of nitriles is 2. The minimum Gasteiger partial charge on any atom is -0.489 e. The molecule has 0 bridgehead atoms. The van der Waals surface area contributed by atoms with Gasteiger partial charge in [-0.2, -0.15) is 10.5 Å². The van der Waals surface area contributed by atoms with Crippen LogP contribution in [0, 0.1) is 22.7 Å². The molecule has 2 aromatic carbocycles. The molecule has 2 N–H and O–H groups in total. The quantitative estimate of drug-likeness (QED) is 0.836. The van der Waals surface area contributed by atoms with E-state index < -0.39 is 5.92 Å². The summed E-state index contributed by atoms with van der Waals surface area (Å²) in [5.74, 6) is 0.431. The summed E-state index contributed by atoms with van der Waals surface area (Å²) < 4.78 is 11.7. The van der Waals surface area contributed by atoms with Crippen LogP contribution in [0.25, 0.3) is 0 Å². The summed E-state index contributed by atoms with van der Waals surface area (Å²) in [7, 11) is 0. The van der Waals surface area contributed by atoms with E-state index in [2.05, 4.69) is 12.1 Å². The van der Waals surface area contributed by atoms with Crippen molar-refractivity contribution in [1.29, 1.82) is 10.5 Å². The number of hydrogen-bond donors (Lipinski definition) is 1. The zero-order valence-electron chi connectivity index (χ0n) is 16.2.